The zero-order valence-corrected chi connectivity index (χ0v) is 14.5. The molecule has 0 spiro atoms. The van der Waals surface area contributed by atoms with Crippen LogP contribution in [0.5, 0.6) is 5.75 Å². The maximum absolute atomic E-state index is 13.5. The number of ether oxygens (including phenoxy) is 1. The Morgan fingerprint density at radius 2 is 1.78 bits per heavy atom. The minimum absolute atomic E-state index is 0.0139. The number of para-hydroxylation sites is 1. The van der Waals surface area contributed by atoms with Crippen LogP contribution >= 0.6 is 0 Å². The minimum atomic E-state index is -2.89. The van der Waals surface area contributed by atoms with Crippen molar-refractivity contribution in [2.75, 3.05) is 18.9 Å². The first-order valence-electron chi connectivity index (χ1n) is 8.04. The first-order chi connectivity index (χ1) is 12.8. The summed E-state index contributed by atoms with van der Waals surface area (Å²) in [4.78, 5) is 24.4. The molecule has 0 saturated carbocycles. The molecule has 3 N–H and O–H groups in total. The lowest BCUT2D eigenvalue weighted by molar-refractivity contribution is -0.885. The van der Waals surface area contributed by atoms with Crippen LogP contribution in [0.25, 0.3) is 0 Å². The van der Waals surface area contributed by atoms with Crippen LogP contribution in [-0.4, -0.2) is 32.1 Å². The number of nitrogens with one attached hydrogen (secondary N) is 3. The lowest BCUT2D eigenvalue weighted by Gasteiger charge is -2.14. The van der Waals surface area contributed by atoms with E-state index in [0.717, 1.165) is 10.5 Å². The maximum atomic E-state index is 13.5. The molecule has 0 aliphatic heterocycles. The van der Waals surface area contributed by atoms with Crippen molar-refractivity contribution in [3.8, 4) is 5.75 Å². The van der Waals surface area contributed by atoms with E-state index in [1.54, 1.807) is 25.2 Å². The average Bonchev–Trinajstić information content (AvgIpc) is 2.58. The van der Waals surface area contributed by atoms with Gasteiger partial charge in [0.05, 0.1) is 12.7 Å². The molecule has 0 radical (unpaired) electrons. The number of rotatable bonds is 7. The van der Waals surface area contributed by atoms with Gasteiger partial charge >= 0.3 is 12.6 Å². The van der Waals surface area contributed by atoms with Crippen LogP contribution in [0.4, 0.5) is 23.7 Å². The molecular formula is C18H19F3N3O3+. The number of benzene rings is 2. The topological polar surface area (TPSA) is 71.9 Å². The van der Waals surface area contributed by atoms with Gasteiger partial charge < -0.3 is 15.0 Å². The van der Waals surface area contributed by atoms with Crippen LogP contribution in [0.3, 0.4) is 0 Å². The largest absolute Gasteiger partial charge is 0.435 e. The number of imide groups is 1. The highest BCUT2D eigenvalue weighted by atomic mass is 19.3. The van der Waals surface area contributed by atoms with Crippen LogP contribution in [0.15, 0.2) is 48.5 Å². The van der Waals surface area contributed by atoms with E-state index in [2.05, 4.69) is 15.4 Å². The number of alkyl halides is 2. The number of hydrogen-bond donors (Lipinski definition) is 3. The van der Waals surface area contributed by atoms with Crippen molar-refractivity contribution in [1.82, 2.24) is 5.32 Å². The van der Waals surface area contributed by atoms with E-state index in [1.807, 2.05) is 0 Å². The Labute approximate surface area is 153 Å². The molecule has 0 heterocycles. The van der Waals surface area contributed by atoms with Crippen LogP contribution in [-0.2, 0) is 11.3 Å². The summed E-state index contributed by atoms with van der Waals surface area (Å²) in [6.07, 6.45) is 0. The van der Waals surface area contributed by atoms with Gasteiger partial charge in [-0.1, -0.05) is 12.1 Å². The van der Waals surface area contributed by atoms with Crippen molar-refractivity contribution >= 4 is 17.6 Å². The second-order valence-corrected chi connectivity index (χ2v) is 5.82. The van der Waals surface area contributed by atoms with Gasteiger partial charge in [-0.15, -0.1) is 0 Å². The molecule has 9 heteroatoms. The zero-order chi connectivity index (χ0) is 19.8. The molecule has 2 rings (SSSR count). The first-order valence-corrected chi connectivity index (χ1v) is 8.04. The third kappa shape index (κ3) is 6.98. The Kier molecular flexibility index (Phi) is 7.18. The molecule has 0 bridgehead atoms. The molecule has 1 atom stereocenters. The first kappa shape index (κ1) is 20.2. The van der Waals surface area contributed by atoms with E-state index in [1.165, 1.54) is 30.3 Å². The molecule has 0 fully saturated rings. The maximum Gasteiger partial charge on any atom is 0.387 e. The van der Waals surface area contributed by atoms with Crippen molar-refractivity contribution < 1.29 is 32.4 Å². The lowest BCUT2D eigenvalue weighted by Crippen LogP contribution is -3.09. The fourth-order valence-corrected chi connectivity index (χ4v) is 2.36. The van der Waals surface area contributed by atoms with Gasteiger partial charge in [0.2, 0.25) is 0 Å². The van der Waals surface area contributed by atoms with Crippen molar-refractivity contribution in [3.05, 3.63) is 59.9 Å². The molecule has 2 aromatic rings. The Bertz CT molecular complexity index is 785. The Morgan fingerprint density at radius 1 is 1.11 bits per heavy atom. The Hall–Kier alpha value is -3.07. The fraction of sp³-hybridized carbons (Fsp3) is 0.222. The molecule has 1 unspecified atom stereocenters. The minimum Gasteiger partial charge on any atom is -0.435 e. The van der Waals surface area contributed by atoms with E-state index in [-0.39, 0.29) is 18.0 Å². The van der Waals surface area contributed by atoms with Gasteiger partial charge in [-0.25, -0.2) is 9.18 Å². The summed E-state index contributed by atoms with van der Waals surface area (Å²) in [5.41, 5.74) is 0.771. The highest BCUT2D eigenvalue weighted by molar-refractivity contribution is 6.01. The average molecular weight is 382 g/mol. The van der Waals surface area contributed by atoms with Gasteiger partial charge in [0.1, 0.15) is 18.1 Å². The van der Waals surface area contributed by atoms with E-state index in [0.29, 0.717) is 6.54 Å². The third-order valence-electron chi connectivity index (χ3n) is 3.49. The lowest BCUT2D eigenvalue weighted by atomic mass is 10.2. The number of carbonyl (C=O) groups is 2. The molecule has 0 aliphatic carbocycles. The Balaban J connectivity index is 1.79. The van der Waals surface area contributed by atoms with Crippen molar-refractivity contribution in [2.24, 2.45) is 0 Å². The second kappa shape index (κ2) is 9.58. The van der Waals surface area contributed by atoms with Gasteiger partial charge in [0, 0.05) is 5.56 Å². The summed E-state index contributed by atoms with van der Waals surface area (Å²) >= 11 is 0. The van der Waals surface area contributed by atoms with E-state index < -0.39 is 24.4 Å². The van der Waals surface area contributed by atoms with Gasteiger partial charge in [-0.2, -0.15) is 8.78 Å². The number of quaternary nitrogens is 1. The smallest absolute Gasteiger partial charge is 0.387 e. The van der Waals surface area contributed by atoms with Gasteiger partial charge in [-0.05, 0) is 36.4 Å². The van der Waals surface area contributed by atoms with Crippen LogP contribution in [0.2, 0.25) is 0 Å². The number of halogens is 3. The van der Waals surface area contributed by atoms with Crippen LogP contribution in [0, 0.1) is 5.82 Å². The number of likely N-dealkylation sites (N-methyl/N-ethyl adjacent to an activating group) is 1. The summed E-state index contributed by atoms with van der Waals surface area (Å²) in [7, 11) is 1.73. The monoisotopic (exact) mass is 382 g/mol. The van der Waals surface area contributed by atoms with Crippen molar-refractivity contribution in [3.63, 3.8) is 0 Å². The number of amides is 3. The standard InChI is InChI=1S/C18H18F3N3O3/c1-24(10-12-6-8-13(9-7-12)27-17(20)21)11-16(25)23-18(26)22-15-5-3-2-4-14(15)19/h2-9,17H,10-11H2,1H3,(H2,22,23,25,26)/p+1. The molecule has 0 saturated heterocycles. The number of hydrogen-bond acceptors (Lipinski definition) is 3. The zero-order valence-electron chi connectivity index (χ0n) is 14.5. The molecule has 144 valence electrons. The molecule has 3 amide bonds. The van der Waals surface area contributed by atoms with E-state index in [9.17, 15) is 22.8 Å². The van der Waals surface area contributed by atoms with Gasteiger partial charge in [-0.3, -0.25) is 10.1 Å². The molecule has 0 aliphatic rings. The number of urea groups is 1. The summed E-state index contributed by atoms with van der Waals surface area (Å²) in [6.45, 7) is -2.47. The highest BCUT2D eigenvalue weighted by Gasteiger charge is 2.15. The summed E-state index contributed by atoms with van der Waals surface area (Å²) < 4.78 is 41.9. The van der Waals surface area contributed by atoms with E-state index in [4.69, 9.17) is 0 Å². The predicted molar refractivity (Wildman–Crippen MR) is 92.1 cm³/mol. The molecular weight excluding hydrogens is 363 g/mol. The van der Waals surface area contributed by atoms with Gasteiger partial charge in [0.15, 0.2) is 6.54 Å². The molecule has 6 nitrogen and oxygen atoms in total. The Morgan fingerprint density at radius 3 is 2.41 bits per heavy atom. The molecule has 27 heavy (non-hydrogen) atoms. The SMILES string of the molecule is C[NH+](CC(=O)NC(=O)Nc1ccccc1F)Cc1ccc(OC(F)F)cc1. The van der Waals surface area contributed by atoms with Crippen LogP contribution in [0.1, 0.15) is 5.56 Å². The normalized spacial score (nSPS) is 11.7. The van der Waals surface area contributed by atoms with Gasteiger partial charge in [0.25, 0.3) is 5.91 Å². The van der Waals surface area contributed by atoms with Crippen molar-refractivity contribution in [1.29, 1.82) is 0 Å². The summed E-state index contributed by atoms with van der Waals surface area (Å²) in [5.74, 6) is -1.10. The van der Waals surface area contributed by atoms with E-state index >= 15 is 0 Å². The highest BCUT2D eigenvalue weighted by Crippen LogP contribution is 2.14. The fourth-order valence-electron chi connectivity index (χ4n) is 2.36. The van der Waals surface area contributed by atoms with Crippen molar-refractivity contribution in [2.45, 2.75) is 13.2 Å². The summed E-state index contributed by atoms with van der Waals surface area (Å²) in [6, 6.07) is 10.8. The molecule has 2 aromatic carbocycles. The second-order valence-electron chi connectivity index (χ2n) is 5.82. The summed E-state index contributed by atoms with van der Waals surface area (Å²) in [5, 5.41) is 4.38. The third-order valence-corrected chi connectivity index (χ3v) is 3.49. The number of anilines is 1. The van der Waals surface area contributed by atoms with Crippen LogP contribution < -0.4 is 20.3 Å². The molecule has 0 aromatic heterocycles. The quantitative estimate of drug-likeness (QED) is 0.684. The number of carbonyl (C=O) groups excluding carboxylic acids is 2. The predicted octanol–water partition coefficient (Wildman–Crippen LogP) is 1.79.